The van der Waals surface area contributed by atoms with Gasteiger partial charge in [0, 0.05) is 50.5 Å². The summed E-state index contributed by atoms with van der Waals surface area (Å²) in [6.07, 6.45) is 1.24. The van der Waals surface area contributed by atoms with Gasteiger partial charge in [-0.1, -0.05) is 48.5 Å². The van der Waals surface area contributed by atoms with Gasteiger partial charge in [-0.05, 0) is 54.8 Å². The monoisotopic (exact) mass is 483 g/mol. The summed E-state index contributed by atoms with van der Waals surface area (Å²) in [5.41, 5.74) is 2.29. The molecular formula is C30H33N3O3. The van der Waals surface area contributed by atoms with Gasteiger partial charge in [0.05, 0.1) is 12.5 Å². The van der Waals surface area contributed by atoms with E-state index in [9.17, 15) is 9.59 Å². The van der Waals surface area contributed by atoms with Crippen LogP contribution in [0.4, 0.5) is 5.69 Å². The van der Waals surface area contributed by atoms with E-state index in [4.69, 9.17) is 4.74 Å². The Labute approximate surface area is 213 Å². The first kappa shape index (κ1) is 23.9. The van der Waals surface area contributed by atoms with Crippen molar-refractivity contribution in [1.82, 2.24) is 9.80 Å². The van der Waals surface area contributed by atoms with Crippen molar-refractivity contribution < 1.29 is 14.3 Å². The van der Waals surface area contributed by atoms with E-state index >= 15 is 0 Å². The Hall–Kier alpha value is -3.80. The zero-order chi connectivity index (χ0) is 25.0. The fourth-order valence-electron chi connectivity index (χ4n) is 5.50. The van der Waals surface area contributed by atoms with Gasteiger partial charge in [0.1, 0.15) is 5.75 Å². The van der Waals surface area contributed by atoms with Crippen LogP contribution in [0.5, 0.6) is 5.75 Å². The maximum Gasteiger partial charge on any atom is 0.253 e. The molecule has 0 aromatic heterocycles. The van der Waals surface area contributed by atoms with Crippen LogP contribution in [-0.4, -0.2) is 68.0 Å². The molecule has 5 rings (SSSR count). The van der Waals surface area contributed by atoms with Crippen LogP contribution in [0.15, 0.2) is 84.9 Å². The summed E-state index contributed by atoms with van der Waals surface area (Å²) in [4.78, 5) is 33.6. The third-order valence-electron chi connectivity index (χ3n) is 7.67. The molecule has 0 bridgehead atoms. The molecular weight excluding hydrogens is 450 g/mol. The molecule has 0 N–H and O–H groups in total. The maximum absolute atomic E-state index is 14.1. The average Bonchev–Trinajstić information content (AvgIpc) is 2.97. The largest absolute Gasteiger partial charge is 0.497 e. The maximum atomic E-state index is 14.1. The number of nitrogens with zero attached hydrogens (tertiary/aromatic N) is 3. The quantitative estimate of drug-likeness (QED) is 0.545. The molecule has 0 aliphatic carbocycles. The van der Waals surface area contributed by atoms with Gasteiger partial charge in [-0.25, -0.2) is 0 Å². The van der Waals surface area contributed by atoms with Gasteiger partial charge >= 0.3 is 0 Å². The number of para-hydroxylation sites is 1. The van der Waals surface area contributed by atoms with Crippen molar-refractivity contribution in [2.45, 2.75) is 18.3 Å². The highest BCUT2D eigenvalue weighted by Crippen LogP contribution is 2.38. The predicted octanol–water partition coefficient (Wildman–Crippen LogP) is 4.22. The van der Waals surface area contributed by atoms with E-state index in [1.165, 1.54) is 5.69 Å². The number of carbonyl (C=O) groups excluding carboxylic acids is 2. The fourth-order valence-corrected chi connectivity index (χ4v) is 5.50. The van der Waals surface area contributed by atoms with Crippen LogP contribution in [0.3, 0.4) is 0 Å². The summed E-state index contributed by atoms with van der Waals surface area (Å²) in [5.74, 6) is 0.924. The molecule has 2 fully saturated rings. The number of amides is 2. The number of methoxy groups -OCH3 is 1. The van der Waals surface area contributed by atoms with Crippen molar-refractivity contribution >= 4 is 17.5 Å². The number of likely N-dealkylation sites (tertiary alicyclic amines) is 1. The molecule has 0 atom stereocenters. The molecule has 3 aromatic rings. The second-order valence-electron chi connectivity index (χ2n) is 9.58. The smallest absolute Gasteiger partial charge is 0.253 e. The Bertz CT molecular complexity index is 1170. The van der Waals surface area contributed by atoms with E-state index in [0.29, 0.717) is 44.6 Å². The van der Waals surface area contributed by atoms with Crippen molar-refractivity contribution in [1.29, 1.82) is 0 Å². The highest BCUT2D eigenvalue weighted by molar-refractivity contribution is 5.95. The summed E-state index contributed by atoms with van der Waals surface area (Å²) in [5, 5.41) is 0. The van der Waals surface area contributed by atoms with Gasteiger partial charge in [0.15, 0.2) is 0 Å². The number of ether oxygens (including phenoxy) is 1. The van der Waals surface area contributed by atoms with Crippen LogP contribution < -0.4 is 9.64 Å². The predicted molar refractivity (Wildman–Crippen MR) is 141 cm³/mol. The highest BCUT2D eigenvalue weighted by atomic mass is 16.5. The lowest BCUT2D eigenvalue weighted by molar-refractivity contribution is -0.139. The van der Waals surface area contributed by atoms with Gasteiger partial charge < -0.3 is 19.4 Å². The second kappa shape index (κ2) is 10.4. The highest BCUT2D eigenvalue weighted by Gasteiger charge is 2.46. The molecule has 2 saturated heterocycles. The summed E-state index contributed by atoms with van der Waals surface area (Å²) in [6, 6.07) is 27.7. The zero-order valence-electron chi connectivity index (χ0n) is 20.8. The lowest BCUT2D eigenvalue weighted by Crippen LogP contribution is -2.58. The average molecular weight is 484 g/mol. The van der Waals surface area contributed by atoms with Crippen molar-refractivity contribution in [2.75, 3.05) is 51.3 Å². The van der Waals surface area contributed by atoms with Crippen LogP contribution >= 0.6 is 0 Å². The summed E-state index contributed by atoms with van der Waals surface area (Å²) in [7, 11) is 1.61. The lowest BCUT2D eigenvalue weighted by atomic mass is 9.71. The number of piperidine rings is 1. The molecule has 2 aliphatic rings. The van der Waals surface area contributed by atoms with E-state index < -0.39 is 5.41 Å². The van der Waals surface area contributed by atoms with Crippen LogP contribution in [-0.2, 0) is 10.2 Å². The SMILES string of the molecule is COc1ccc(C(=O)N2CCC(C(=O)N3CCN(c4ccccc4)CC3)(c3ccccc3)CC2)cc1. The molecule has 0 saturated carbocycles. The normalized spacial score (nSPS) is 17.5. The minimum Gasteiger partial charge on any atom is -0.497 e. The van der Waals surface area contributed by atoms with Crippen LogP contribution in [0.1, 0.15) is 28.8 Å². The lowest BCUT2D eigenvalue weighted by Gasteiger charge is -2.45. The minimum atomic E-state index is -0.604. The van der Waals surface area contributed by atoms with E-state index in [2.05, 4.69) is 41.3 Å². The second-order valence-corrected chi connectivity index (χ2v) is 9.58. The van der Waals surface area contributed by atoms with Crippen LogP contribution in [0.25, 0.3) is 0 Å². The molecule has 3 aromatic carbocycles. The number of carbonyl (C=O) groups is 2. The molecule has 0 spiro atoms. The van der Waals surface area contributed by atoms with Crippen molar-refractivity contribution in [3.05, 3.63) is 96.1 Å². The molecule has 2 aliphatic heterocycles. The number of rotatable bonds is 5. The molecule has 36 heavy (non-hydrogen) atoms. The van der Waals surface area contributed by atoms with E-state index in [-0.39, 0.29) is 11.8 Å². The van der Waals surface area contributed by atoms with Gasteiger partial charge in [0.25, 0.3) is 5.91 Å². The summed E-state index contributed by atoms with van der Waals surface area (Å²) in [6.45, 7) is 4.16. The standard InChI is InChI=1S/C30H33N3O3/c1-36-27-14-12-24(13-15-27)28(34)32-18-16-30(17-19-32,25-8-4-2-5-9-25)29(35)33-22-20-31(21-23-33)26-10-6-3-7-11-26/h2-15H,16-23H2,1H3. The number of hydrogen-bond acceptors (Lipinski definition) is 4. The first-order valence-electron chi connectivity index (χ1n) is 12.7. The number of piperazine rings is 1. The van der Waals surface area contributed by atoms with Crippen molar-refractivity contribution in [2.24, 2.45) is 0 Å². The van der Waals surface area contributed by atoms with Crippen molar-refractivity contribution in [3.8, 4) is 5.75 Å². The van der Waals surface area contributed by atoms with Crippen LogP contribution in [0, 0.1) is 0 Å². The first-order valence-corrected chi connectivity index (χ1v) is 12.7. The molecule has 0 radical (unpaired) electrons. The Balaban J connectivity index is 1.31. The third-order valence-corrected chi connectivity index (χ3v) is 7.67. The van der Waals surface area contributed by atoms with Crippen LogP contribution in [0.2, 0.25) is 0 Å². The topological polar surface area (TPSA) is 53.1 Å². The Morgan fingerprint density at radius 1 is 0.694 bits per heavy atom. The number of benzene rings is 3. The molecule has 6 nitrogen and oxygen atoms in total. The molecule has 2 heterocycles. The fraction of sp³-hybridized carbons (Fsp3) is 0.333. The van der Waals surface area contributed by atoms with E-state index in [1.807, 2.05) is 46.2 Å². The van der Waals surface area contributed by atoms with Gasteiger partial charge in [0.2, 0.25) is 5.91 Å². The molecule has 2 amide bonds. The van der Waals surface area contributed by atoms with Gasteiger partial charge in [-0.3, -0.25) is 9.59 Å². The molecule has 6 heteroatoms. The van der Waals surface area contributed by atoms with E-state index in [0.717, 1.165) is 24.4 Å². The Kier molecular flexibility index (Phi) is 6.94. The van der Waals surface area contributed by atoms with E-state index in [1.54, 1.807) is 19.2 Å². The first-order chi connectivity index (χ1) is 17.6. The number of hydrogen-bond donors (Lipinski definition) is 0. The Morgan fingerprint density at radius 3 is 1.86 bits per heavy atom. The minimum absolute atomic E-state index is 0.00300. The molecule has 186 valence electrons. The van der Waals surface area contributed by atoms with Gasteiger partial charge in [-0.2, -0.15) is 0 Å². The molecule has 0 unspecified atom stereocenters. The summed E-state index contributed by atoms with van der Waals surface area (Å²) >= 11 is 0. The third kappa shape index (κ3) is 4.68. The van der Waals surface area contributed by atoms with Gasteiger partial charge in [-0.15, -0.1) is 0 Å². The van der Waals surface area contributed by atoms with Crippen molar-refractivity contribution in [3.63, 3.8) is 0 Å². The Morgan fingerprint density at radius 2 is 1.28 bits per heavy atom. The number of anilines is 1. The zero-order valence-corrected chi connectivity index (χ0v) is 20.8. The summed E-state index contributed by atoms with van der Waals surface area (Å²) < 4.78 is 5.22.